The Balaban J connectivity index is 2.78. The summed E-state index contributed by atoms with van der Waals surface area (Å²) in [6, 6.07) is 5.62. The fourth-order valence-corrected chi connectivity index (χ4v) is 2.63. The van der Waals surface area contributed by atoms with Gasteiger partial charge in [-0.1, -0.05) is 12.1 Å². The maximum Gasteiger partial charge on any atom is 0.335 e. The van der Waals surface area contributed by atoms with Gasteiger partial charge in [-0.15, -0.1) is 0 Å². The fraction of sp³-hybridized carbons (Fsp3) is 0.417. The number of sulfonamides is 1. The first-order valence-corrected chi connectivity index (χ1v) is 7.23. The van der Waals surface area contributed by atoms with Crippen LogP contribution in [0, 0.1) is 0 Å². The van der Waals surface area contributed by atoms with Crippen molar-refractivity contribution in [2.24, 2.45) is 0 Å². The molecule has 0 aliphatic rings. The summed E-state index contributed by atoms with van der Waals surface area (Å²) in [5.41, 5.74) is -1.29. The maximum atomic E-state index is 13.2. The van der Waals surface area contributed by atoms with Crippen LogP contribution in [0.5, 0.6) is 0 Å². The van der Waals surface area contributed by atoms with E-state index >= 15 is 0 Å². The van der Waals surface area contributed by atoms with Gasteiger partial charge in [-0.2, -0.15) is 0 Å². The molecule has 0 unspecified atom stereocenters. The lowest BCUT2D eigenvalue weighted by atomic mass is 10.1. The molecule has 0 aromatic heterocycles. The Bertz CT molecular complexity index is 563. The molecule has 0 saturated carbocycles. The molecule has 0 amide bonds. The van der Waals surface area contributed by atoms with Gasteiger partial charge in [-0.05, 0) is 31.5 Å². The van der Waals surface area contributed by atoms with Gasteiger partial charge in [-0.3, -0.25) is 0 Å². The molecule has 19 heavy (non-hydrogen) atoms. The highest BCUT2D eigenvalue weighted by molar-refractivity contribution is 7.88. The van der Waals surface area contributed by atoms with E-state index < -0.39 is 21.7 Å². The van der Waals surface area contributed by atoms with E-state index in [0.29, 0.717) is 5.56 Å². The second kappa shape index (κ2) is 5.66. The predicted octanol–water partition coefficient (Wildman–Crippen LogP) is 1.55. The number of halogens is 1. The normalized spacial score (nSPS) is 12.4. The Labute approximate surface area is 111 Å². The van der Waals surface area contributed by atoms with Gasteiger partial charge in [0.1, 0.15) is 5.67 Å². The van der Waals surface area contributed by atoms with Crippen LogP contribution in [0.2, 0.25) is 0 Å². The molecule has 1 rings (SSSR count). The molecule has 0 fully saturated rings. The van der Waals surface area contributed by atoms with Crippen LogP contribution < -0.4 is 4.72 Å². The lowest BCUT2D eigenvalue weighted by molar-refractivity contribution is 0.0696. The van der Waals surface area contributed by atoms with Crippen molar-refractivity contribution in [1.29, 1.82) is 0 Å². The maximum absolute atomic E-state index is 13.2. The largest absolute Gasteiger partial charge is 0.478 e. The molecular weight excluding hydrogens is 273 g/mol. The number of hydrogen-bond donors (Lipinski definition) is 2. The van der Waals surface area contributed by atoms with Crippen molar-refractivity contribution in [2.45, 2.75) is 25.3 Å². The van der Waals surface area contributed by atoms with Gasteiger partial charge >= 0.3 is 5.97 Å². The Morgan fingerprint density at radius 1 is 1.42 bits per heavy atom. The zero-order chi connectivity index (χ0) is 14.7. The fourth-order valence-electron chi connectivity index (χ4n) is 1.35. The molecule has 106 valence electrons. The highest BCUT2D eigenvalue weighted by Crippen LogP contribution is 2.11. The summed E-state index contributed by atoms with van der Waals surface area (Å²) in [6.07, 6.45) is 0. The minimum absolute atomic E-state index is 0.0125. The van der Waals surface area contributed by atoms with E-state index in [1.807, 2.05) is 0 Å². The van der Waals surface area contributed by atoms with Crippen LogP contribution in [0.25, 0.3) is 0 Å². The Morgan fingerprint density at radius 3 is 2.58 bits per heavy atom. The molecule has 0 aliphatic heterocycles. The van der Waals surface area contributed by atoms with Crippen molar-refractivity contribution in [3.63, 3.8) is 0 Å². The minimum Gasteiger partial charge on any atom is -0.478 e. The van der Waals surface area contributed by atoms with Crippen LogP contribution in [0.3, 0.4) is 0 Å². The molecule has 2 N–H and O–H groups in total. The van der Waals surface area contributed by atoms with Gasteiger partial charge in [0, 0.05) is 6.54 Å². The van der Waals surface area contributed by atoms with Crippen LogP contribution in [0.15, 0.2) is 24.3 Å². The van der Waals surface area contributed by atoms with Crippen molar-refractivity contribution >= 4 is 16.0 Å². The Morgan fingerprint density at radius 2 is 2.05 bits per heavy atom. The summed E-state index contributed by atoms with van der Waals surface area (Å²) in [6.45, 7) is 2.20. The third kappa shape index (κ3) is 5.80. The molecule has 0 spiro atoms. The van der Waals surface area contributed by atoms with Gasteiger partial charge in [0.15, 0.2) is 0 Å². The zero-order valence-corrected chi connectivity index (χ0v) is 11.5. The number of rotatable bonds is 6. The topological polar surface area (TPSA) is 83.5 Å². The molecular formula is C12H16FNO4S. The van der Waals surface area contributed by atoms with Crippen LogP contribution in [0.1, 0.15) is 29.8 Å². The van der Waals surface area contributed by atoms with E-state index in [-0.39, 0.29) is 17.9 Å². The van der Waals surface area contributed by atoms with Crippen LogP contribution >= 0.6 is 0 Å². The van der Waals surface area contributed by atoms with E-state index in [1.54, 1.807) is 0 Å². The van der Waals surface area contributed by atoms with Crippen molar-refractivity contribution < 1.29 is 22.7 Å². The molecule has 7 heteroatoms. The van der Waals surface area contributed by atoms with E-state index in [2.05, 4.69) is 4.72 Å². The average molecular weight is 289 g/mol. The van der Waals surface area contributed by atoms with Gasteiger partial charge in [0.2, 0.25) is 10.0 Å². The first-order valence-electron chi connectivity index (χ1n) is 5.57. The molecule has 0 heterocycles. The average Bonchev–Trinajstić information content (AvgIpc) is 2.25. The van der Waals surface area contributed by atoms with Gasteiger partial charge < -0.3 is 5.11 Å². The number of benzene rings is 1. The molecule has 0 bridgehead atoms. The number of aromatic carboxylic acids is 1. The second-order valence-corrected chi connectivity index (χ2v) is 6.61. The van der Waals surface area contributed by atoms with Crippen LogP contribution in [0.4, 0.5) is 4.39 Å². The lowest BCUT2D eigenvalue weighted by Crippen LogP contribution is -2.36. The highest BCUT2D eigenvalue weighted by atomic mass is 32.2. The molecule has 0 aliphatic carbocycles. The molecule has 0 radical (unpaired) electrons. The predicted molar refractivity (Wildman–Crippen MR) is 69.2 cm³/mol. The number of alkyl halides is 1. The molecule has 0 saturated heterocycles. The molecule has 0 atom stereocenters. The zero-order valence-electron chi connectivity index (χ0n) is 10.7. The summed E-state index contributed by atoms with van der Waals surface area (Å²) < 4.78 is 38.8. The number of hydrogen-bond acceptors (Lipinski definition) is 3. The van der Waals surface area contributed by atoms with E-state index in [1.165, 1.54) is 38.1 Å². The molecule has 1 aromatic carbocycles. The number of carboxylic acid groups (broad SMARTS) is 1. The van der Waals surface area contributed by atoms with Crippen molar-refractivity contribution in [2.75, 3.05) is 6.54 Å². The highest BCUT2D eigenvalue weighted by Gasteiger charge is 2.20. The quantitative estimate of drug-likeness (QED) is 0.832. The Hall–Kier alpha value is -1.47. The smallest absolute Gasteiger partial charge is 0.335 e. The van der Waals surface area contributed by atoms with Gasteiger partial charge in [0.05, 0.1) is 11.3 Å². The second-order valence-electron chi connectivity index (χ2n) is 4.80. The first kappa shape index (κ1) is 15.6. The Kier molecular flexibility index (Phi) is 4.65. The monoisotopic (exact) mass is 289 g/mol. The van der Waals surface area contributed by atoms with Gasteiger partial charge in [0.25, 0.3) is 0 Å². The summed E-state index contributed by atoms with van der Waals surface area (Å²) in [4.78, 5) is 10.8. The van der Waals surface area contributed by atoms with E-state index in [4.69, 9.17) is 5.11 Å². The minimum atomic E-state index is -3.69. The number of nitrogens with one attached hydrogen (secondary N) is 1. The van der Waals surface area contributed by atoms with Gasteiger partial charge in [-0.25, -0.2) is 22.3 Å². The summed E-state index contributed by atoms with van der Waals surface area (Å²) in [7, 11) is -3.69. The number of carboxylic acids is 1. The van der Waals surface area contributed by atoms with Crippen molar-refractivity contribution in [1.82, 2.24) is 4.72 Å². The lowest BCUT2D eigenvalue weighted by Gasteiger charge is -2.15. The third-order valence-corrected chi connectivity index (χ3v) is 3.54. The van der Waals surface area contributed by atoms with Crippen molar-refractivity contribution in [3.05, 3.63) is 35.4 Å². The number of carbonyl (C=O) groups is 1. The SMILES string of the molecule is CC(C)(F)CNS(=O)(=O)Cc1cccc(C(=O)O)c1. The third-order valence-electron chi connectivity index (χ3n) is 2.24. The van der Waals surface area contributed by atoms with E-state index in [0.717, 1.165) is 0 Å². The summed E-state index contributed by atoms with van der Waals surface area (Å²) in [5, 5.41) is 8.80. The summed E-state index contributed by atoms with van der Waals surface area (Å²) in [5.74, 6) is -1.51. The van der Waals surface area contributed by atoms with E-state index in [9.17, 15) is 17.6 Å². The first-order chi connectivity index (χ1) is 8.59. The standard InChI is InChI=1S/C12H16FNO4S/c1-12(2,13)8-14-19(17,18)7-9-4-3-5-10(6-9)11(15)16/h3-6,14H,7-8H2,1-2H3,(H,15,16). The van der Waals surface area contributed by atoms with Crippen molar-refractivity contribution in [3.8, 4) is 0 Å². The molecule has 5 nitrogen and oxygen atoms in total. The molecule has 1 aromatic rings. The summed E-state index contributed by atoms with van der Waals surface area (Å²) >= 11 is 0. The van der Waals surface area contributed by atoms with Crippen LogP contribution in [-0.4, -0.2) is 31.7 Å². The van der Waals surface area contributed by atoms with Crippen LogP contribution in [-0.2, 0) is 15.8 Å².